The van der Waals surface area contributed by atoms with Crippen LogP contribution in [0.4, 0.5) is 0 Å². The largest absolute Gasteiger partial charge is 0.410 e. The number of benzene rings is 2. The lowest BCUT2D eigenvalue weighted by Crippen LogP contribution is -2.02. The van der Waals surface area contributed by atoms with Gasteiger partial charge in [-0.25, -0.2) is 0 Å². The third-order valence-electron chi connectivity index (χ3n) is 2.69. The summed E-state index contributed by atoms with van der Waals surface area (Å²) in [7, 11) is 0. The van der Waals surface area contributed by atoms with E-state index < -0.39 is 0 Å². The standard InChI is InChI=1S/C13H11NO.C5H8O2/c15-14-13(11-7-3-1-4-8-11)12-9-5-2-6-10-12;1-4(6)3-5(2)7/h1-10,15H;3H2,1-2H3. The van der Waals surface area contributed by atoms with Gasteiger partial charge < -0.3 is 5.21 Å². The first-order chi connectivity index (χ1) is 10.5. The molecule has 1 N–H and O–H groups in total. The van der Waals surface area contributed by atoms with Crippen LogP contribution in [0.25, 0.3) is 0 Å². The molecule has 0 aliphatic rings. The molecule has 0 spiro atoms. The second kappa shape index (κ2) is 9.23. The number of ketones is 2. The second-order valence-electron chi connectivity index (χ2n) is 4.76. The lowest BCUT2D eigenvalue weighted by atomic mass is 10.0. The minimum Gasteiger partial charge on any atom is -0.410 e. The van der Waals surface area contributed by atoms with Crippen molar-refractivity contribution >= 4 is 17.3 Å². The highest BCUT2D eigenvalue weighted by atomic mass is 16.4. The Morgan fingerprint density at radius 3 is 1.41 bits per heavy atom. The summed E-state index contributed by atoms with van der Waals surface area (Å²) in [4.78, 5) is 20.1. The molecule has 22 heavy (non-hydrogen) atoms. The lowest BCUT2D eigenvalue weighted by molar-refractivity contribution is -0.124. The topological polar surface area (TPSA) is 66.7 Å². The van der Waals surface area contributed by atoms with Gasteiger partial charge in [0.25, 0.3) is 0 Å². The predicted molar refractivity (Wildman–Crippen MR) is 86.3 cm³/mol. The Hall–Kier alpha value is -2.75. The summed E-state index contributed by atoms with van der Waals surface area (Å²) in [6, 6.07) is 19.2. The van der Waals surface area contributed by atoms with Crippen LogP contribution < -0.4 is 0 Å². The fraction of sp³-hybridized carbons (Fsp3) is 0.167. The molecular weight excluding hydrogens is 278 g/mol. The molecule has 0 radical (unpaired) electrons. The molecule has 114 valence electrons. The van der Waals surface area contributed by atoms with Crippen molar-refractivity contribution in [1.82, 2.24) is 0 Å². The number of carbonyl (C=O) groups is 2. The molecule has 0 heterocycles. The first-order valence-corrected chi connectivity index (χ1v) is 6.86. The Kier molecular flexibility index (Phi) is 7.26. The minimum atomic E-state index is -0.0625. The molecule has 0 atom stereocenters. The van der Waals surface area contributed by atoms with Gasteiger partial charge in [0.05, 0.1) is 6.42 Å². The van der Waals surface area contributed by atoms with E-state index in [0.29, 0.717) is 5.71 Å². The highest BCUT2D eigenvalue weighted by Crippen LogP contribution is 2.09. The summed E-state index contributed by atoms with van der Waals surface area (Å²) in [6.45, 7) is 2.81. The maximum Gasteiger partial charge on any atom is 0.137 e. The van der Waals surface area contributed by atoms with Crippen molar-refractivity contribution in [2.75, 3.05) is 0 Å². The van der Waals surface area contributed by atoms with Gasteiger partial charge in [-0.05, 0) is 13.8 Å². The first kappa shape index (κ1) is 17.3. The van der Waals surface area contributed by atoms with Crippen molar-refractivity contribution < 1.29 is 14.8 Å². The van der Waals surface area contributed by atoms with E-state index in [2.05, 4.69) is 5.16 Å². The Morgan fingerprint density at radius 1 is 0.818 bits per heavy atom. The molecule has 2 aromatic rings. The molecule has 2 rings (SSSR count). The summed E-state index contributed by atoms with van der Waals surface area (Å²) >= 11 is 0. The molecule has 4 heteroatoms. The fourth-order valence-electron chi connectivity index (χ4n) is 1.82. The molecule has 0 aliphatic heterocycles. The maximum atomic E-state index is 10.0. The van der Waals surface area contributed by atoms with Crippen LogP contribution in [0.3, 0.4) is 0 Å². The van der Waals surface area contributed by atoms with Crippen LogP contribution in [0, 0.1) is 0 Å². The maximum absolute atomic E-state index is 10.0. The Labute approximate surface area is 130 Å². The molecule has 0 fully saturated rings. The number of rotatable bonds is 4. The number of Topliss-reactive ketones (excluding diaryl/α,β-unsaturated/α-hetero) is 2. The lowest BCUT2D eigenvalue weighted by Gasteiger charge is -2.03. The van der Waals surface area contributed by atoms with Crippen molar-refractivity contribution in [3.8, 4) is 0 Å². The van der Waals surface area contributed by atoms with Gasteiger partial charge in [0, 0.05) is 11.1 Å². The fourth-order valence-corrected chi connectivity index (χ4v) is 1.82. The SMILES string of the molecule is CC(=O)CC(C)=O.ON=C(c1ccccc1)c1ccccc1. The first-order valence-electron chi connectivity index (χ1n) is 6.86. The average Bonchev–Trinajstić information content (AvgIpc) is 2.49. The zero-order valence-corrected chi connectivity index (χ0v) is 12.7. The highest BCUT2D eigenvalue weighted by Gasteiger charge is 2.05. The van der Waals surface area contributed by atoms with Crippen molar-refractivity contribution in [3.63, 3.8) is 0 Å². The van der Waals surface area contributed by atoms with Gasteiger partial charge in [-0.15, -0.1) is 0 Å². The summed E-state index contributed by atoms with van der Waals surface area (Å²) in [5.74, 6) is -0.125. The molecular formula is C18H19NO3. The van der Waals surface area contributed by atoms with E-state index in [4.69, 9.17) is 5.21 Å². The highest BCUT2D eigenvalue weighted by molar-refractivity contribution is 6.12. The van der Waals surface area contributed by atoms with E-state index in [1.54, 1.807) is 0 Å². The van der Waals surface area contributed by atoms with Gasteiger partial charge in [-0.1, -0.05) is 65.8 Å². The van der Waals surface area contributed by atoms with Crippen LogP contribution in [-0.2, 0) is 9.59 Å². The molecule has 0 bridgehead atoms. The van der Waals surface area contributed by atoms with E-state index >= 15 is 0 Å². The van der Waals surface area contributed by atoms with Gasteiger partial charge in [0.2, 0.25) is 0 Å². The molecule has 4 nitrogen and oxygen atoms in total. The molecule has 0 aliphatic carbocycles. The molecule has 2 aromatic carbocycles. The third kappa shape index (κ3) is 6.13. The normalized spacial score (nSPS) is 9.18. The Balaban J connectivity index is 0.000000295. The minimum absolute atomic E-state index is 0.0625. The Morgan fingerprint density at radius 2 is 1.18 bits per heavy atom. The van der Waals surface area contributed by atoms with E-state index in [0.717, 1.165) is 11.1 Å². The van der Waals surface area contributed by atoms with Crippen LogP contribution in [0.15, 0.2) is 65.8 Å². The van der Waals surface area contributed by atoms with Gasteiger partial charge in [-0.2, -0.15) is 0 Å². The van der Waals surface area contributed by atoms with E-state index in [9.17, 15) is 9.59 Å². The van der Waals surface area contributed by atoms with Gasteiger partial charge in [-0.3, -0.25) is 9.59 Å². The molecule has 0 saturated heterocycles. The smallest absolute Gasteiger partial charge is 0.137 e. The summed E-state index contributed by atoms with van der Waals surface area (Å²) in [6.07, 6.45) is 0.0833. The number of nitrogens with zero attached hydrogens (tertiary/aromatic N) is 1. The van der Waals surface area contributed by atoms with Crippen LogP contribution in [0.5, 0.6) is 0 Å². The zero-order chi connectivity index (χ0) is 16.4. The van der Waals surface area contributed by atoms with E-state index in [1.165, 1.54) is 13.8 Å². The summed E-state index contributed by atoms with van der Waals surface area (Å²) < 4.78 is 0. The predicted octanol–water partition coefficient (Wildman–Crippen LogP) is 3.47. The summed E-state index contributed by atoms with van der Waals surface area (Å²) in [5.41, 5.74) is 2.41. The third-order valence-corrected chi connectivity index (χ3v) is 2.69. The number of hydrogen-bond donors (Lipinski definition) is 1. The average molecular weight is 297 g/mol. The quantitative estimate of drug-likeness (QED) is 0.407. The van der Waals surface area contributed by atoms with Crippen LogP contribution >= 0.6 is 0 Å². The van der Waals surface area contributed by atoms with Crippen LogP contribution in [-0.4, -0.2) is 22.5 Å². The van der Waals surface area contributed by atoms with Crippen molar-refractivity contribution in [1.29, 1.82) is 0 Å². The molecule has 0 saturated carbocycles. The van der Waals surface area contributed by atoms with E-state index in [1.807, 2.05) is 60.7 Å². The summed E-state index contributed by atoms with van der Waals surface area (Å²) in [5, 5.41) is 12.4. The van der Waals surface area contributed by atoms with Gasteiger partial charge in [0.1, 0.15) is 17.3 Å². The molecule has 0 unspecified atom stereocenters. The molecule has 0 amide bonds. The van der Waals surface area contributed by atoms with Crippen molar-refractivity contribution in [3.05, 3.63) is 71.8 Å². The molecule has 0 aromatic heterocycles. The van der Waals surface area contributed by atoms with Gasteiger partial charge in [0.15, 0.2) is 0 Å². The zero-order valence-electron chi connectivity index (χ0n) is 12.7. The Bertz CT molecular complexity index is 580. The monoisotopic (exact) mass is 297 g/mol. The van der Waals surface area contributed by atoms with Gasteiger partial charge >= 0.3 is 0 Å². The number of carbonyl (C=O) groups excluding carboxylic acids is 2. The van der Waals surface area contributed by atoms with Crippen LogP contribution in [0.2, 0.25) is 0 Å². The van der Waals surface area contributed by atoms with Crippen LogP contribution in [0.1, 0.15) is 31.4 Å². The van der Waals surface area contributed by atoms with Crippen molar-refractivity contribution in [2.45, 2.75) is 20.3 Å². The second-order valence-corrected chi connectivity index (χ2v) is 4.76. The number of oxime groups is 1. The van der Waals surface area contributed by atoms with Crippen molar-refractivity contribution in [2.24, 2.45) is 5.16 Å². The number of hydrogen-bond acceptors (Lipinski definition) is 4. The van der Waals surface area contributed by atoms with E-state index in [-0.39, 0.29) is 18.0 Å².